The molecule has 3 rings (SSSR count). The van der Waals surface area contributed by atoms with Crippen LogP contribution in [0.3, 0.4) is 0 Å². The van der Waals surface area contributed by atoms with E-state index in [-0.39, 0.29) is 0 Å². The van der Waals surface area contributed by atoms with E-state index in [0.29, 0.717) is 5.92 Å². The third kappa shape index (κ3) is 4.17. The summed E-state index contributed by atoms with van der Waals surface area (Å²) < 4.78 is 9.01. The van der Waals surface area contributed by atoms with Gasteiger partial charge in [-0.3, -0.25) is 0 Å². The zero-order valence-corrected chi connectivity index (χ0v) is 13.9. The number of carboxylic acids is 2. The zero-order chi connectivity index (χ0) is 16.1. The number of aliphatic carboxylic acids is 2. The van der Waals surface area contributed by atoms with Gasteiger partial charge in [-0.15, -0.1) is 11.8 Å². The second-order valence-electron chi connectivity index (χ2n) is 5.33. The molecule has 2 aliphatic rings. The van der Waals surface area contributed by atoms with E-state index in [9.17, 15) is 0 Å². The third-order valence-electron chi connectivity index (χ3n) is 3.79. The van der Waals surface area contributed by atoms with Crippen LogP contribution in [0.1, 0.15) is 31.4 Å². The summed E-state index contributed by atoms with van der Waals surface area (Å²) in [6, 6.07) is 0. The molecule has 3 atom stereocenters. The summed E-state index contributed by atoms with van der Waals surface area (Å²) in [6.45, 7) is 6.03. The highest BCUT2D eigenvalue weighted by Crippen LogP contribution is 2.41. The molecule has 2 saturated heterocycles. The first-order valence-electron chi connectivity index (χ1n) is 7.16. The molecule has 0 aliphatic carbocycles. The van der Waals surface area contributed by atoms with Crippen molar-refractivity contribution in [2.45, 2.75) is 30.7 Å². The summed E-state index contributed by atoms with van der Waals surface area (Å²) in [5.74, 6) is -0.957. The normalized spacial score (nSPS) is 25.6. The molecule has 7 nitrogen and oxygen atoms in total. The van der Waals surface area contributed by atoms with Crippen LogP contribution in [0.25, 0.3) is 0 Å². The van der Waals surface area contributed by atoms with Crippen molar-refractivity contribution >= 4 is 35.4 Å². The molecule has 3 heterocycles. The molecule has 22 heavy (non-hydrogen) atoms. The van der Waals surface area contributed by atoms with Crippen LogP contribution in [-0.2, 0) is 9.59 Å². The van der Waals surface area contributed by atoms with E-state index in [4.69, 9.17) is 19.8 Å². The van der Waals surface area contributed by atoms with Crippen molar-refractivity contribution < 1.29 is 19.8 Å². The van der Waals surface area contributed by atoms with Crippen molar-refractivity contribution in [1.29, 1.82) is 0 Å². The Kier molecular flexibility index (Phi) is 6.16. The number of fused-ring (bicyclic) bond motifs is 2. The fourth-order valence-corrected chi connectivity index (χ4v) is 4.44. The van der Waals surface area contributed by atoms with Gasteiger partial charge < -0.3 is 15.1 Å². The highest BCUT2D eigenvalue weighted by molar-refractivity contribution is 7.99. The molecule has 2 fully saturated rings. The summed E-state index contributed by atoms with van der Waals surface area (Å²) in [5, 5.41) is 16.0. The first-order chi connectivity index (χ1) is 10.5. The lowest BCUT2D eigenvalue weighted by Gasteiger charge is -2.20. The minimum absolute atomic E-state index is 0.673. The summed E-state index contributed by atoms with van der Waals surface area (Å²) in [6.07, 6.45) is 2.57. The molecule has 2 N–H and O–H groups in total. The van der Waals surface area contributed by atoms with E-state index in [1.165, 1.54) is 60.7 Å². The van der Waals surface area contributed by atoms with Gasteiger partial charge in [-0.1, -0.05) is 6.92 Å². The number of rotatable bonds is 4. The number of nitrogens with zero attached hydrogens (tertiary/aromatic N) is 3. The van der Waals surface area contributed by atoms with E-state index < -0.39 is 11.9 Å². The van der Waals surface area contributed by atoms with Gasteiger partial charge in [-0.25, -0.2) is 9.59 Å². The Morgan fingerprint density at radius 2 is 2.05 bits per heavy atom. The molecular weight excluding hydrogens is 326 g/mol. The average Bonchev–Trinajstić information content (AvgIpc) is 3.21. The standard InChI is InChI=1S/C11H17N3S2.C2H2O4/c1-2-5-15-11-10(12-16-13-11)9-7-14-4-3-8(9)6-14;3-1(4)2(5)6/h8-9H,2-7H2,1H3;(H,3,4)(H,5,6). The van der Waals surface area contributed by atoms with Crippen molar-refractivity contribution in [2.24, 2.45) is 5.92 Å². The summed E-state index contributed by atoms with van der Waals surface area (Å²) >= 11 is 3.28. The highest BCUT2D eigenvalue weighted by atomic mass is 32.2. The van der Waals surface area contributed by atoms with Crippen LogP contribution in [0.4, 0.5) is 0 Å². The van der Waals surface area contributed by atoms with Crippen LogP contribution in [0.15, 0.2) is 5.03 Å². The molecule has 122 valence electrons. The molecule has 2 bridgehead atoms. The quantitative estimate of drug-likeness (QED) is 0.627. The van der Waals surface area contributed by atoms with Crippen molar-refractivity contribution in [3.8, 4) is 0 Å². The van der Waals surface area contributed by atoms with Crippen LogP contribution in [0.2, 0.25) is 0 Å². The molecule has 0 radical (unpaired) electrons. The molecule has 0 amide bonds. The third-order valence-corrected chi connectivity index (χ3v) is 5.64. The number of thioether (sulfide) groups is 1. The van der Waals surface area contributed by atoms with Gasteiger partial charge in [-0.2, -0.15) is 8.75 Å². The second-order valence-corrected chi connectivity index (χ2v) is 6.94. The summed E-state index contributed by atoms with van der Waals surface area (Å²) in [7, 11) is 0. The lowest BCUT2D eigenvalue weighted by atomic mass is 9.90. The van der Waals surface area contributed by atoms with Crippen LogP contribution in [0, 0.1) is 5.92 Å². The Morgan fingerprint density at radius 1 is 1.32 bits per heavy atom. The first-order valence-corrected chi connectivity index (χ1v) is 8.88. The molecule has 0 saturated carbocycles. The number of piperidine rings is 1. The first kappa shape index (κ1) is 17.2. The Labute approximate surface area is 137 Å². The molecule has 1 aromatic rings. The van der Waals surface area contributed by atoms with Crippen molar-refractivity contribution in [2.75, 3.05) is 25.4 Å². The van der Waals surface area contributed by atoms with Gasteiger partial charge in [0, 0.05) is 19.0 Å². The molecule has 2 aliphatic heterocycles. The molecule has 3 unspecified atom stereocenters. The van der Waals surface area contributed by atoms with Crippen LogP contribution in [-0.4, -0.2) is 61.2 Å². The van der Waals surface area contributed by atoms with Gasteiger partial charge in [0.25, 0.3) is 0 Å². The largest absolute Gasteiger partial charge is 0.473 e. The SMILES string of the molecule is CCCSc1nsnc1C1CN2CCC1C2.O=C(O)C(=O)O. The molecule has 1 aromatic heterocycles. The molecule has 0 spiro atoms. The lowest BCUT2D eigenvalue weighted by Crippen LogP contribution is -2.22. The smallest absolute Gasteiger partial charge is 0.414 e. The number of hydrogen-bond donors (Lipinski definition) is 2. The molecule has 9 heteroatoms. The van der Waals surface area contributed by atoms with E-state index in [1.807, 2.05) is 11.8 Å². The maximum Gasteiger partial charge on any atom is 0.414 e. The summed E-state index contributed by atoms with van der Waals surface area (Å²) in [4.78, 5) is 20.8. The number of hydrogen-bond acceptors (Lipinski definition) is 7. The highest BCUT2D eigenvalue weighted by Gasteiger charge is 2.41. The minimum atomic E-state index is -1.82. The predicted molar refractivity (Wildman–Crippen MR) is 83.5 cm³/mol. The van der Waals surface area contributed by atoms with Gasteiger partial charge in [0.2, 0.25) is 0 Å². The van der Waals surface area contributed by atoms with Gasteiger partial charge in [-0.05, 0) is 31.1 Å². The van der Waals surface area contributed by atoms with Gasteiger partial charge in [0.1, 0.15) is 5.03 Å². The van der Waals surface area contributed by atoms with Crippen molar-refractivity contribution in [3.63, 3.8) is 0 Å². The van der Waals surface area contributed by atoms with Crippen LogP contribution < -0.4 is 0 Å². The Hall–Kier alpha value is -1.19. The van der Waals surface area contributed by atoms with Crippen molar-refractivity contribution in [1.82, 2.24) is 13.6 Å². The van der Waals surface area contributed by atoms with E-state index in [0.717, 1.165) is 5.92 Å². The zero-order valence-electron chi connectivity index (χ0n) is 12.3. The van der Waals surface area contributed by atoms with E-state index >= 15 is 0 Å². The van der Waals surface area contributed by atoms with E-state index in [2.05, 4.69) is 20.6 Å². The van der Waals surface area contributed by atoms with Crippen LogP contribution in [0.5, 0.6) is 0 Å². The van der Waals surface area contributed by atoms with Gasteiger partial charge in [0.05, 0.1) is 17.4 Å². The summed E-state index contributed by atoms with van der Waals surface area (Å²) in [5.41, 5.74) is 1.30. The molecular formula is C13H19N3O4S2. The lowest BCUT2D eigenvalue weighted by molar-refractivity contribution is -0.159. The Bertz CT molecular complexity index is 525. The Morgan fingerprint density at radius 3 is 2.55 bits per heavy atom. The fraction of sp³-hybridized carbons (Fsp3) is 0.692. The van der Waals surface area contributed by atoms with Gasteiger partial charge in [0.15, 0.2) is 0 Å². The number of aromatic nitrogens is 2. The fourth-order valence-electron chi connectivity index (χ4n) is 2.81. The average molecular weight is 345 g/mol. The molecule has 0 aromatic carbocycles. The van der Waals surface area contributed by atoms with Gasteiger partial charge >= 0.3 is 11.9 Å². The van der Waals surface area contributed by atoms with Crippen molar-refractivity contribution in [3.05, 3.63) is 5.69 Å². The minimum Gasteiger partial charge on any atom is -0.473 e. The second kappa shape index (κ2) is 7.89. The van der Waals surface area contributed by atoms with E-state index in [1.54, 1.807) is 0 Å². The predicted octanol–water partition coefficient (Wildman–Crippen LogP) is 1.61. The maximum absolute atomic E-state index is 9.10. The monoisotopic (exact) mass is 345 g/mol. The number of carboxylic acid groups (broad SMARTS) is 2. The topological polar surface area (TPSA) is 104 Å². The van der Waals surface area contributed by atoms with Crippen LogP contribution >= 0.6 is 23.5 Å². The number of carbonyl (C=O) groups is 2. The maximum atomic E-state index is 9.10. The Balaban J connectivity index is 0.000000254.